The lowest BCUT2D eigenvalue weighted by Gasteiger charge is -2.70. The first-order valence-electron chi connectivity index (χ1n) is 17.9. The molecule has 1 aromatic rings. The zero-order valence-electron chi connectivity index (χ0n) is 29.3. The van der Waals surface area contributed by atoms with Gasteiger partial charge in [0.2, 0.25) is 11.8 Å². The maximum Gasteiger partial charge on any atom is 0.340 e. The van der Waals surface area contributed by atoms with Crippen LogP contribution in [0.3, 0.4) is 0 Å². The van der Waals surface area contributed by atoms with Crippen LogP contribution in [0.4, 0.5) is 5.69 Å². The number of amides is 2. The summed E-state index contributed by atoms with van der Waals surface area (Å²) >= 11 is 0. The molecule has 8 rings (SSSR count). The number of likely N-dealkylation sites (tertiary alicyclic amines) is 1. The van der Waals surface area contributed by atoms with Crippen LogP contribution in [0.25, 0.3) is 0 Å². The average molecular weight is 683 g/mol. The molecule has 2 N–H and O–H groups in total. The Morgan fingerprint density at radius 3 is 2.43 bits per heavy atom. The zero-order chi connectivity index (χ0) is 34.8. The van der Waals surface area contributed by atoms with Crippen molar-refractivity contribution in [1.82, 2.24) is 4.90 Å². The number of likely N-dealkylation sites (N-methyl/N-ethyl adjacent to an activating group) is 1. The molecule has 1 spiro atoms. The number of nitrogens with zero attached hydrogens (tertiary/aromatic N) is 2. The highest BCUT2D eigenvalue weighted by molar-refractivity contribution is 6.22. The summed E-state index contributed by atoms with van der Waals surface area (Å²) in [5, 5.41) is 26.6. The summed E-state index contributed by atoms with van der Waals surface area (Å²) in [7, 11) is 6.70. The van der Waals surface area contributed by atoms with Crippen molar-refractivity contribution in [3.8, 4) is 0 Å². The van der Waals surface area contributed by atoms with Crippen LogP contribution in [0.2, 0.25) is 0 Å². The van der Waals surface area contributed by atoms with Crippen LogP contribution in [-0.2, 0) is 33.3 Å². The second-order valence-electron chi connectivity index (χ2n) is 16.0. The Kier molecular flexibility index (Phi) is 7.75. The van der Waals surface area contributed by atoms with Crippen molar-refractivity contribution < 1.29 is 48.3 Å². The quantitative estimate of drug-likeness (QED) is 0.292. The lowest BCUT2D eigenvalue weighted by atomic mass is 9.42. The summed E-state index contributed by atoms with van der Waals surface area (Å²) in [6.07, 6.45) is 0.813. The number of carbonyl (C=O) groups excluding carboxylic acids is 3. The Morgan fingerprint density at radius 1 is 1.04 bits per heavy atom. The predicted octanol–water partition coefficient (Wildman–Crippen LogP) is 2.04. The maximum atomic E-state index is 14.1. The molecule has 7 bridgehead atoms. The molecule has 2 unspecified atom stereocenters. The number of piperidine rings is 1. The molecule has 5 aliphatic carbocycles. The maximum absolute atomic E-state index is 14.1. The first-order chi connectivity index (χ1) is 23.4. The third-order valence-electron chi connectivity index (χ3n) is 14.5. The fourth-order valence-corrected chi connectivity index (χ4v) is 13.2. The van der Waals surface area contributed by atoms with Gasteiger partial charge in [0.05, 0.1) is 48.3 Å². The molecular weight excluding hydrogens is 632 g/mol. The van der Waals surface area contributed by atoms with E-state index in [9.17, 15) is 24.6 Å². The van der Waals surface area contributed by atoms with Crippen molar-refractivity contribution in [1.29, 1.82) is 0 Å². The number of fused-ring (bicyclic) bond motifs is 2. The van der Waals surface area contributed by atoms with Crippen LogP contribution in [-0.4, -0.2) is 123 Å². The molecule has 2 amide bonds. The highest BCUT2D eigenvalue weighted by Gasteiger charge is 2.91. The van der Waals surface area contributed by atoms with E-state index < -0.39 is 46.1 Å². The lowest BCUT2D eigenvalue weighted by molar-refractivity contribution is -0.320. The Hall–Kier alpha value is -2.45. The summed E-state index contributed by atoms with van der Waals surface area (Å²) in [4.78, 5) is 43.3. The van der Waals surface area contributed by atoms with Gasteiger partial charge in [-0.2, -0.15) is 0 Å². The van der Waals surface area contributed by atoms with Crippen LogP contribution >= 0.6 is 0 Å². The molecule has 2 saturated heterocycles. The van der Waals surface area contributed by atoms with Crippen molar-refractivity contribution in [2.45, 2.75) is 87.6 Å². The number of methoxy groups -OCH3 is 4. The number of benzene rings is 1. The van der Waals surface area contributed by atoms with Gasteiger partial charge in [-0.15, -0.1) is 0 Å². The van der Waals surface area contributed by atoms with Crippen LogP contribution in [0.1, 0.15) is 56.3 Å². The van der Waals surface area contributed by atoms with E-state index in [1.54, 1.807) is 59.6 Å². The van der Waals surface area contributed by atoms with Crippen molar-refractivity contribution in [3.05, 3.63) is 29.8 Å². The number of aliphatic hydroxyl groups is 2. The SMILES string of the molecule is CCN1C[C@@]2(COC(=O)c3ccccc3N3C(=O)CC(C)C3=O)CC[C@@H](OC)[C@@]34C1[C@@](O)([C@@H](OC)[C@@H]23)[C@]1(O)C[C@@H](OC)[C@@H]2C[C@H]4[C@H]1[C@@H]2OC. The summed E-state index contributed by atoms with van der Waals surface area (Å²) in [5.74, 6) is -2.47. The van der Waals surface area contributed by atoms with Gasteiger partial charge in [0.1, 0.15) is 11.2 Å². The van der Waals surface area contributed by atoms with Crippen molar-refractivity contribution in [2.24, 2.45) is 40.4 Å². The van der Waals surface area contributed by atoms with Gasteiger partial charge in [0.15, 0.2) is 0 Å². The number of carbonyl (C=O) groups is 3. The Balaban J connectivity index is 1.23. The van der Waals surface area contributed by atoms with Crippen LogP contribution < -0.4 is 4.90 Å². The van der Waals surface area contributed by atoms with E-state index in [4.69, 9.17) is 23.7 Å². The van der Waals surface area contributed by atoms with E-state index >= 15 is 0 Å². The van der Waals surface area contributed by atoms with Crippen LogP contribution in [0, 0.1) is 40.4 Å². The molecule has 49 heavy (non-hydrogen) atoms. The van der Waals surface area contributed by atoms with E-state index in [1.807, 2.05) is 0 Å². The molecule has 7 fully saturated rings. The normalized spacial score (nSPS) is 48.0. The van der Waals surface area contributed by atoms with Crippen molar-refractivity contribution >= 4 is 23.5 Å². The van der Waals surface area contributed by atoms with E-state index in [2.05, 4.69) is 11.8 Å². The minimum atomic E-state index is -1.70. The highest BCUT2D eigenvalue weighted by Crippen LogP contribution is 2.80. The standard InChI is InChI=1S/C37H50N2O10/c1-7-38-17-34(18-49-32(42)20-10-8-9-11-23(20)39-26(40)14-19(2)31(39)41)13-12-25(46-4)36-22-15-21-24(45-3)16-35(43,27(22)28(21)47-5)37(44,33(36)38)30(48-6)29(34)36/h8-11,19,21-22,24-25,27-30,33,43-44H,7,12-18H2,1-6H3/t19?,21-,22-,24+,25+,27-,28+,29-,30-,33?,34+,35-,36+,37-/m0/s1. The van der Waals surface area contributed by atoms with Crippen molar-refractivity contribution in [3.63, 3.8) is 0 Å². The molecule has 1 aromatic carbocycles. The Morgan fingerprint density at radius 2 is 1.80 bits per heavy atom. The first-order valence-corrected chi connectivity index (χ1v) is 17.9. The second-order valence-corrected chi connectivity index (χ2v) is 16.0. The van der Waals surface area contributed by atoms with Gasteiger partial charge >= 0.3 is 5.97 Å². The van der Waals surface area contributed by atoms with Crippen LogP contribution in [0.15, 0.2) is 24.3 Å². The number of esters is 1. The molecule has 12 nitrogen and oxygen atoms in total. The number of hydrogen-bond acceptors (Lipinski definition) is 11. The summed E-state index contributed by atoms with van der Waals surface area (Å²) < 4.78 is 31.4. The smallest absolute Gasteiger partial charge is 0.340 e. The van der Waals surface area contributed by atoms with Crippen LogP contribution in [0.5, 0.6) is 0 Å². The summed E-state index contributed by atoms with van der Waals surface area (Å²) in [5.41, 5.74) is -4.17. The van der Waals surface area contributed by atoms with Gasteiger partial charge in [-0.05, 0) is 43.9 Å². The zero-order valence-corrected chi connectivity index (χ0v) is 29.3. The predicted molar refractivity (Wildman–Crippen MR) is 174 cm³/mol. The molecule has 12 heteroatoms. The Bertz CT molecular complexity index is 1560. The van der Waals surface area contributed by atoms with Crippen molar-refractivity contribution in [2.75, 3.05) is 53.0 Å². The minimum Gasteiger partial charge on any atom is -0.461 e. The van der Waals surface area contributed by atoms with Gasteiger partial charge in [-0.3, -0.25) is 14.5 Å². The third-order valence-corrected chi connectivity index (χ3v) is 14.5. The number of hydrogen-bond donors (Lipinski definition) is 2. The number of rotatable bonds is 9. The molecule has 0 radical (unpaired) electrons. The number of ether oxygens (including phenoxy) is 5. The first kappa shape index (κ1) is 33.7. The van der Waals surface area contributed by atoms with E-state index in [1.165, 1.54) is 0 Å². The number of para-hydroxylation sites is 1. The van der Waals surface area contributed by atoms with Gasteiger partial charge in [-0.25, -0.2) is 9.69 Å². The molecule has 2 heterocycles. The minimum absolute atomic E-state index is 0.0358. The molecule has 5 saturated carbocycles. The third kappa shape index (κ3) is 3.86. The fraction of sp³-hybridized carbons (Fsp3) is 0.757. The van der Waals surface area contributed by atoms with E-state index in [0.717, 1.165) is 11.3 Å². The van der Waals surface area contributed by atoms with E-state index in [-0.39, 0.29) is 84.5 Å². The molecule has 268 valence electrons. The van der Waals surface area contributed by atoms with Gasteiger partial charge in [0, 0.05) is 82.3 Å². The highest BCUT2D eigenvalue weighted by atomic mass is 16.5. The Labute approximate surface area is 287 Å². The molecule has 7 aliphatic rings. The molecule has 2 aliphatic heterocycles. The monoisotopic (exact) mass is 682 g/mol. The number of anilines is 1. The lowest BCUT2D eigenvalue weighted by Crippen LogP contribution is -2.82. The largest absolute Gasteiger partial charge is 0.461 e. The van der Waals surface area contributed by atoms with Gasteiger partial charge in [0.25, 0.3) is 0 Å². The summed E-state index contributed by atoms with van der Waals surface area (Å²) in [6, 6.07) is 6.12. The van der Waals surface area contributed by atoms with Gasteiger partial charge < -0.3 is 33.9 Å². The molecular formula is C37H50N2O10. The summed E-state index contributed by atoms with van der Waals surface area (Å²) in [6.45, 7) is 4.95. The van der Waals surface area contributed by atoms with Gasteiger partial charge in [-0.1, -0.05) is 26.0 Å². The fourth-order valence-electron chi connectivity index (χ4n) is 13.2. The molecule has 14 atom stereocenters. The molecule has 0 aromatic heterocycles. The average Bonchev–Trinajstić information content (AvgIpc) is 3.63. The number of imide groups is 1. The topological polar surface area (TPSA) is 144 Å². The van der Waals surface area contributed by atoms with E-state index in [0.29, 0.717) is 25.9 Å². The second kappa shape index (κ2) is 11.3.